The first-order valence-electron chi connectivity index (χ1n) is 8.91. The monoisotopic (exact) mass is 387 g/mol. The summed E-state index contributed by atoms with van der Waals surface area (Å²) in [5.41, 5.74) is 1.46. The van der Waals surface area contributed by atoms with Gasteiger partial charge in [-0.15, -0.1) is 0 Å². The highest BCUT2D eigenvalue weighted by Crippen LogP contribution is 2.31. The fraction of sp³-hybridized carbons (Fsp3) is 0.0870. The summed E-state index contributed by atoms with van der Waals surface area (Å²) in [6, 6.07) is 19.5. The molecule has 0 N–H and O–H groups in total. The van der Waals surface area contributed by atoms with Crippen molar-refractivity contribution in [1.82, 2.24) is 4.40 Å². The third-order valence-corrected chi connectivity index (χ3v) is 4.84. The molecule has 4 aromatic rings. The van der Waals surface area contributed by atoms with Gasteiger partial charge in [-0.3, -0.25) is 4.79 Å². The molecule has 144 valence electrons. The average Bonchev–Trinajstić information content (AvgIpc) is 3.13. The van der Waals surface area contributed by atoms with Crippen LogP contribution in [0, 0.1) is 0 Å². The van der Waals surface area contributed by atoms with Crippen LogP contribution in [0.3, 0.4) is 0 Å². The van der Waals surface area contributed by atoms with Gasteiger partial charge in [0, 0.05) is 5.56 Å². The minimum atomic E-state index is -0.780. The van der Waals surface area contributed by atoms with Crippen LogP contribution in [0.4, 0.5) is 0 Å². The molecule has 0 saturated carbocycles. The van der Waals surface area contributed by atoms with E-state index in [0.717, 1.165) is 5.39 Å². The van der Waals surface area contributed by atoms with Crippen molar-refractivity contribution in [2.45, 2.75) is 0 Å². The van der Waals surface area contributed by atoms with Gasteiger partial charge in [0.05, 0.1) is 30.8 Å². The number of para-hydroxylation sites is 1. The molecule has 0 aliphatic heterocycles. The van der Waals surface area contributed by atoms with Crippen molar-refractivity contribution in [1.29, 1.82) is 0 Å². The Balaban J connectivity index is 2.20. The first-order valence-corrected chi connectivity index (χ1v) is 8.91. The van der Waals surface area contributed by atoms with E-state index in [1.807, 2.05) is 30.3 Å². The summed E-state index contributed by atoms with van der Waals surface area (Å²) in [6.45, 7) is 0. The number of esters is 2. The van der Waals surface area contributed by atoms with Gasteiger partial charge < -0.3 is 13.9 Å². The average molecular weight is 387 g/mol. The normalized spacial score (nSPS) is 10.8. The second kappa shape index (κ2) is 7.24. The molecule has 0 aliphatic rings. The molecule has 29 heavy (non-hydrogen) atoms. The Morgan fingerprint density at radius 2 is 1.34 bits per heavy atom. The number of hydrogen-bond acceptors (Lipinski definition) is 5. The van der Waals surface area contributed by atoms with E-state index in [-0.39, 0.29) is 22.6 Å². The van der Waals surface area contributed by atoms with E-state index >= 15 is 0 Å². The maximum atomic E-state index is 13.4. The standard InChI is InChI=1S/C23H17NO5/c1-28-22(26)19-18(21(25)15-9-4-3-5-10-15)17-13-12-14-8-6-7-11-16(14)24(17)20(19)23(27)29-2/h3-13H,1-2H3. The van der Waals surface area contributed by atoms with Crippen LogP contribution in [-0.4, -0.2) is 36.3 Å². The van der Waals surface area contributed by atoms with Crippen molar-refractivity contribution in [3.05, 3.63) is 89.1 Å². The van der Waals surface area contributed by atoms with Gasteiger partial charge in [0.1, 0.15) is 11.3 Å². The van der Waals surface area contributed by atoms with Crippen LogP contribution >= 0.6 is 0 Å². The van der Waals surface area contributed by atoms with Gasteiger partial charge in [-0.05, 0) is 17.5 Å². The van der Waals surface area contributed by atoms with Crippen molar-refractivity contribution >= 4 is 34.1 Å². The topological polar surface area (TPSA) is 74.1 Å². The number of hydrogen-bond donors (Lipinski definition) is 0. The Morgan fingerprint density at radius 1 is 0.690 bits per heavy atom. The second-order valence-corrected chi connectivity index (χ2v) is 6.39. The van der Waals surface area contributed by atoms with Gasteiger partial charge in [-0.2, -0.15) is 0 Å². The van der Waals surface area contributed by atoms with E-state index in [1.54, 1.807) is 40.8 Å². The summed E-state index contributed by atoms with van der Waals surface area (Å²) < 4.78 is 11.5. The number of pyridine rings is 1. The summed E-state index contributed by atoms with van der Waals surface area (Å²) in [4.78, 5) is 38.8. The Morgan fingerprint density at radius 3 is 2.03 bits per heavy atom. The molecule has 0 unspecified atom stereocenters. The number of methoxy groups -OCH3 is 2. The zero-order chi connectivity index (χ0) is 20.5. The van der Waals surface area contributed by atoms with Crippen LogP contribution in [0.15, 0.2) is 66.7 Å². The van der Waals surface area contributed by atoms with E-state index in [2.05, 4.69) is 0 Å². The van der Waals surface area contributed by atoms with E-state index in [0.29, 0.717) is 16.6 Å². The molecule has 0 radical (unpaired) electrons. The lowest BCUT2D eigenvalue weighted by Crippen LogP contribution is -2.15. The molecular formula is C23H17NO5. The zero-order valence-corrected chi connectivity index (χ0v) is 15.8. The number of ether oxygens (including phenoxy) is 2. The molecule has 0 saturated heterocycles. The van der Waals surface area contributed by atoms with Gasteiger partial charge in [0.15, 0.2) is 5.78 Å². The molecule has 2 aromatic heterocycles. The van der Waals surface area contributed by atoms with Crippen LogP contribution in [0.1, 0.15) is 36.8 Å². The molecular weight excluding hydrogens is 370 g/mol. The summed E-state index contributed by atoms with van der Waals surface area (Å²) in [6.07, 6.45) is 0. The summed E-state index contributed by atoms with van der Waals surface area (Å²) in [5, 5.41) is 0.843. The fourth-order valence-electron chi connectivity index (χ4n) is 3.55. The summed E-state index contributed by atoms with van der Waals surface area (Å²) >= 11 is 0. The maximum absolute atomic E-state index is 13.4. The second-order valence-electron chi connectivity index (χ2n) is 6.39. The summed E-state index contributed by atoms with van der Waals surface area (Å²) in [5.74, 6) is -1.89. The minimum absolute atomic E-state index is 0.0366. The van der Waals surface area contributed by atoms with E-state index in [4.69, 9.17) is 9.47 Å². The van der Waals surface area contributed by atoms with Crippen LogP contribution in [0.2, 0.25) is 0 Å². The zero-order valence-electron chi connectivity index (χ0n) is 15.8. The van der Waals surface area contributed by atoms with Gasteiger partial charge >= 0.3 is 11.9 Å². The van der Waals surface area contributed by atoms with Crippen molar-refractivity contribution < 1.29 is 23.9 Å². The molecule has 0 amide bonds. The molecule has 0 atom stereocenters. The Bertz CT molecular complexity index is 1270. The molecule has 4 rings (SSSR count). The number of nitrogens with zero attached hydrogens (tertiary/aromatic N) is 1. The van der Waals surface area contributed by atoms with E-state index in [9.17, 15) is 14.4 Å². The summed E-state index contributed by atoms with van der Waals surface area (Å²) in [7, 11) is 2.44. The van der Waals surface area contributed by atoms with Gasteiger partial charge in [-0.1, -0.05) is 54.6 Å². The van der Waals surface area contributed by atoms with Gasteiger partial charge in [-0.25, -0.2) is 9.59 Å². The number of benzene rings is 2. The van der Waals surface area contributed by atoms with Gasteiger partial charge in [0.2, 0.25) is 0 Å². The lowest BCUT2D eigenvalue weighted by molar-refractivity contribution is 0.0550. The number of carbonyl (C=O) groups is 3. The number of fused-ring (bicyclic) bond motifs is 3. The molecule has 6 heteroatoms. The molecule has 0 spiro atoms. The first kappa shape index (κ1) is 18.4. The minimum Gasteiger partial charge on any atom is -0.465 e. The fourth-order valence-corrected chi connectivity index (χ4v) is 3.55. The first-order chi connectivity index (χ1) is 14.1. The van der Waals surface area contributed by atoms with Crippen molar-refractivity contribution in [2.75, 3.05) is 14.2 Å². The van der Waals surface area contributed by atoms with Crippen LogP contribution in [0.25, 0.3) is 16.4 Å². The molecule has 2 heterocycles. The molecule has 0 bridgehead atoms. The third kappa shape index (κ3) is 2.86. The van der Waals surface area contributed by atoms with Crippen LogP contribution in [-0.2, 0) is 9.47 Å². The van der Waals surface area contributed by atoms with Gasteiger partial charge in [0.25, 0.3) is 0 Å². The van der Waals surface area contributed by atoms with E-state index in [1.165, 1.54) is 14.2 Å². The Labute approximate surface area is 166 Å². The molecule has 6 nitrogen and oxygen atoms in total. The number of aromatic nitrogens is 1. The third-order valence-electron chi connectivity index (χ3n) is 4.84. The number of rotatable bonds is 4. The lowest BCUT2D eigenvalue weighted by atomic mass is 9.99. The SMILES string of the molecule is COC(=O)c1c(C(=O)c2ccccc2)c2ccc3ccccc3n2c1C(=O)OC. The Kier molecular flexibility index (Phi) is 4.60. The predicted molar refractivity (Wildman–Crippen MR) is 107 cm³/mol. The van der Waals surface area contributed by atoms with Crippen LogP contribution < -0.4 is 0 Å². The highest BCUT2D eigenvalue weighted by atomic mass is 16.5. The highest BCUT2D eigenvalue weighted by molar-refractivity contribution is 6.22. The number of ketones is 1. The maximum Gasteiger partial charge on any atom is 0.355 e. The Hall–Kier alpha value is -3.93. The number of carbonyl (C=O) groups excluding carboxylic acids is 3. The predicted octanol–water partition coefficient (Wildman–Crippen LogP) is 3.90. The van der Waals surface area contributed by atoms with Crippen LogP contribution in [0.5, 0.6) is 0 Å². The molecule has 0 aliphatic carbocycles. The highest BCUT2D eigenvalue weighted by Gasteiger charge is 2.33. The molecule has 0 fully saturated rings. The lowest BCUT2D eigenvalue weighted by Gasteiger charge is -2.07. The smallest absolute Gasteiger partial charge is 0.355 e. The van der Waals surface area contributed by atoms with Crippen molar-refractivity contribution in [3.8, 4) is 0 Å². The largest absolute Gasteiger partial charge is 0.465 e. The van der Waals surface area contributed by atoms with E-state index < -0.39 is 11.9 Å². The quantitative estimate of drug-likeness (QED) is 0.392. The molecule has 2 aromatic carbocycles. The van der Waals surface area contributed by atoms with Crippen molar-refractivity contribution in [2.24, 2.45) is 0 Å². The van der Waals surface area contributed by atoms with Crippen molar-refractivity contribution in [3.63, 3.8) is 0 Å².